The molecule has 2 aromatic carbocycles. The summed E-state index contributed by atoms with van der Waals surface area (Å²) in [5.74, 6) is -0.0954. The van der Waals surface area contributed by atoms with E-state index in [9.17, 15) is 4.79 Å². The van der Waals surface area contributed by atoms with E-state index < -0.39 is 0 Å². The van der Waals surface area contributed by atoms with Crippen molar-refractivity contribution in [1.82, 2.24) is 0 Å². The Bertz CT molecular complexity index is 572. The van der Waals surface area contributed by atoms with Crippen molar-refractivity contribution in [2.45, 2.75) is 0 Å². The average Bonchev–Trinajstić information content (AvgIpc) is 2.40. The monoisotopic (exact) mass is 386 g/mol. The molecule has 0 aliphatic heterocycles. The van der Waals surface area contributed by atoms with Gasteiger partial charge in [-0.25, -0.2) is 0 Å². The molecule has 2 N–H and O–H groups in total. The summed E-state index contributed by atoms with van der Waals surface area (Å²) in [6.45, 7) is 0.225. The van der Waals surface area contributed by atoms with Gasteiger partial charge in [0.05, 0.1) is 6.54 Å². The van der Waals surface area contributed by atoms with E-state index in [1.165, 1.54) is 0 Å². The summed E-state index contributed by atoms with van der Waals surface area (Å²) in [5.41, 5.74) is 1.69. The Kier molecular flexibility index (Phi) is 5.04. The normalized spacial score (nSPS) is 10.0. The zero-order valence-electron chi connectivity index (χ0n) is 9.99. The highest BCUT2D eigenvalue weighted by molar-refractivity contribution is 14.1. The van der Waals surface area contributed by atoms with Crippen LogP contribution in [0.4, 0.5) is 11.4 Å². The minimum absolute atomic E-state index is 0.0954. The first-order chi connectivity index (χ1) is 9.15. The molecule has 3 nitrogen and oxygen atoms in total. The van der Waals surface area contributed by atoms with Gasteiger partial charge in [-0.05, 0) is 59.0 Å². The Balaban J connectivity index is 1.88. The number of benzene rings is 2. The molecular weight excluding hydrogens is 375 g/mol. The van der Waals surface area contributed by atoms with Crippen LogP contribution in [0.1, 0.15) is 0 Å². The van der Waals surface area contributed by atoms with E-state index in [1.54, 1.807) is 24.3 Å². The topological polar surface area (TPSA) is 41.1 Å². The average molecular weight is 387 g/mol. The van der Waals surface area contributed by atoms with Gasteiger partial charge in [-0.15, -0.1) is 0 Å². The standard InChI is InChI=1S/C14H12ClIN2O/c15-10-5-7-11(8-6-10)18-14(19)9-17-13-4-2-1-3-12(13)16/h1-8,17H,9H2,(H,18,19). The summed E-state index contributed by atoms with van der Waals surface area (Å²) in [6, 6.07) is 14.8. The third kappa shape index (κ3) is 4.40. The lowest BCUT2D eigenvalue weighted by Gasteiger charge is -2.09. The second-order valence-electron chi connectivity index (χ2n) is 3.89. The van der Waals surface area contributed by atoms with Crippen LogP contribution in [0.25, 0.3) is 0 Å². The van der Waals surface area contributed by atoms with Gasteiger partial charge >= 0.3 is 0 Å². The van der Waals surface area contributed by atoms with Gasteiger partial charge in [0.15, 0.2) is 0 Å². The number of carbonyl (C=O) groups excluding carboxylic acids is 1. The van der Waals surface area contributed by atoms with Crippen LogP contribution in [0.3, 0.4) is 0 Å². The van der Waals surface area contributed by atoms with Crippen LogP contribution in [0.5, 0.6) is 0 Å². The van der Waals surface area contributed by atoms with Crippen LogP contribution in [-0.2, 0) is 4.79 Å². The van der Waals surface area contributed by atoms with Gasteiger partial charge in [0.25, 0.3) is 0 Å². The quantitative estimate of drug-likeness (QED) is 0.780. The zero-order valence-corrected chi connectivity index (χ0v) is 12.9. The molecule has 0 unspecified atom stereocenters. The fourth-order valence-electron chi connectivity index (χ4n) is 1.52. The van der Waals surface area contributed by atoms with Gasteiger partial charge in [-0.1, -0.05) is 23.7 Å². The zero-order chi connectivity index (χ0) is 13.7. The van der Waals surface area contributed by atoms with Crippen molar-refractivity contribution in [3.63, 3.8) is 0 Å². The molecule has 0 bridgehead atoms. The molecule has 0 aliphatic carbocycles. The summed E-state index contributed by atoms with van der Waals surface area (Å²) >= 11 is 8.01. The highest BCUT2D eigenvalue weighted by atomic mass is 127. The van der Waals surface area contributed by atoms with E-state index in [1.807, 2.05) is 24.3 Å². The molecule has 2 rings (SSSR count). The molecule has 5 heteroatoms. The highest BCUT2D eigenvalue weighted by Crippen LogP contribution is 2.17. The van der Waals surface area contributed by atoms with Crippen molar-refractivity contribution >= 4 is 51.5 Å². The van der Waals surface area contributed by atoms with Crippen LogP contribution in [0, 0.1) is 3.57 Å². The molecule has 0 saturated carbocycles. The Morgan fingerprint density at radius 1 is 1.11 bits per heavy atom. The first-order valence-electron chi connectivity index (χ1n) is 5.69. The van der Waals surface area contributed by atoms with E-state index in [0.29, 0.717) is 5.02 Å². The van der Waals surface area contributed by atoms with Gasteiger partial charge in [-0.2, -0.15) is 0 Å². The number of nitrogens with one attached hydrogen (secondary N) is 2. The molecular formula is C14H12ClIN2O. The number of anilines is 2. The smallest absolute Gasteiger partial charge is 0.243 e. The highest BCUT2D eigenvalue weighted by Gasteiger charge is 2.03. The number of carbonyl (C=O) groups is 1. The first-order valence-corrected chi connectivity index (χ1v) is 7.14. The maximum atomic E-state index is 11.8. The van der Waals surface area contributed by atoms with Crippen molar-refractivity contribution in [2.24, 2.45) is 0 Å². The molecule has 0 radical (unpaired) electrons. The molecule has 0 spiro atoms. The fraction of sp³-hybridized carbons (Fsp3) is 0.0714. The number of rotatable bonds is 4. The number of hydrogen-bond donors (Lipinski definition) is 2. The summed E-state index contributed by atoms with van der Waals surface area (Å²) in [7, 11) is 0. The van der Waals surface area contributed by atoms with Crippen molar-refractivity contribution in [1.29, 1.82) is 0 Å². The van der Waals surface area contributed by atoms with E-state index >= 15 is 0 Å². The maximum absolute atomic E-state index is 11.8. The summed E-state index contributed by atoms with van der Waals surface area (Å²) in [6.07, 6.45) is 0. The van der Waals surface area contributed by atoms with E-state index in [2.05, 4.69) is 33.2 Å². The van der Waals surface area contributed by atoms with Gasteiger partial charge < -0.3 is 10.6 Å². The van der Waals surface area contributed by atoms with Crippen molar-refractivity contribution in [2.75, 3.05) is 17.2 Å². The number of halogens is 2. The maximum Gasteiger partial charge on any atom is 0.243 e. The Morgan fingerprint density at radius 2 is 1.79 bits per heavy atom. The molecule has 1 amide bonds. The van der Waals surface area contributed by atoms with Gasteiger partial charge in [0.2, 0.25) is 5.91 Å². The molecule has 0 aromatic heterocycles. The molecule has 98 valence electrons. The first kappa shape index (κ1) is 14.1. The van der Waals surface area contributed by atoms with Crippen LogP contribution < -0.4 is 10.6 Å². The molecule has 0 aliphatic rings. The van der Waals surface area contributed by atoms with E-state index in [4.69, 9.17) is 11.6 Å². The van der Waals surface area contributed by atoms with Crippen LogP contribution in [-0.4, -0.2) is 12.5 Å². The second-order valence-corrected chi connectivity index (χ2v) is 5.49. The second kappa shape index (κ2) is 6.77. The predicted molar refractivity (Wildman–Crippen MR) is 87.7 cm³/mol. The van der Waals surface area contributed by atoms with Crippen molar-refractivity contribution < 1.29 is 4.79 Å². The lowest BCUT2D eigenvalue weighted by molar-refractivity contribution is -0.114. The van der Waals surface area contributed by atoms with Crippen LogP contribution >= 0.6 is 34.2 Å². The third-order valence-corrected chi connectivity index (χ3v) is 3.63. The lowest BCUT2D eigenvalue weighted by atomic mass is 10.3. The van der Waals surface area contributed by atoms with E-state index in [0.717, 1.165) is 14.9 Å². The summed E-state index contributed by atoms with van der Waals surface area (Å²) in [4.78, 5) is 11.8. The summed E-state index contributed by atoms with van der Waals surface area (Å²) < 4.78 is 1.08. The molecule has 0 heterocycles. The number of amides is 1. The summed E-state index contributed by atoms with van der Waals surface area (Å²) in [5, 5.41) is 6.54. The minimum atomic E-state index is -0.0954. The lowest BCUT2D eigenvalue weighted by Crippen LogP contribution is -2.21. The van der Waals surface area contributed by atoms with Crippen LogP contribution in [0.15, 0.2) is 48.5 Å². The predicted octanol–water partition coefficient (Wildman–Crippen LogP) is 4.00. The number of para-hydroxylation sites is 1. The Morgan fingerprint density at radius 3 is 2.47 bits per heavy atom. The molecule has 0 fully saturated rings. The molecule has 0 atom stereocenters. The SMILES string of the molecule is O=C(CNc1ccccc1I)Nc1ccc(Cl)cc1. The molecule has 19 heavy (non-hydrogen) atoms. The molecule has 2 aromatic rings. The van der Waals surface area contributed by atoms with Crippen molar-refractivity contribution in [3.05, 3.63) is 57.1 Å². The van der Waals surface area contributed by atoms with E-state index in [-0.39, 0.29) is 12.5 Å². The Labute approximate surface area is 130 Å². The number of hydrogen-bond acceptors (Lipinski definition) is 2. The minimum Gasteiger partial charge on any atom is -0.375 e. The third-order valence-electron chi connectivity index (χ3n) is 2.44. The fourth-order valence-corrected chi connectivity index (χ4v) is 2.22. The van der Waals surface area contributed by atoms with Gasteiger partial charge in [0, 0.05) is 20.0 Å². The largest absolute Gasteiger partial charge is 0.375 e. The van der Waals surface area contributed by atoms with Crippen LogP contribution in [0.2, 0.25) is 5.02 Å². The van der Waals surface area contributed by atoms with Crippen molar-refractivity contribution in [3.8, 4) is 0 Å². The van der Waals surface area contributed by atoms with Gasteiger partial charge in [-0.3, -0.25) is 4.79 Å². The molecule has 0 saturated heterocycles. The Hall–Kier alpha value is -1.27. The van der Waals surface area contributed by atoms with Gasteiger partial charge in [0.1, 0.15) is 0 Å².